The van der Waals surface area contributed by atoms with Crippen molar-refractivity contribution in [2.45, 2.75) is 0 Å². The van der Waals surface area contributed by atoms with E-state index in [0.29, 0.717) is 16.7 Å². The fraction of sp³-hybridized carbons (Fsp3) is 0. The molecule has 0 aliphatic carbocycles. The zero-order chi connectivity index (χ0) is 18.1. The molecule has 0 aliphatic heterocycles. The molecule has 0 spiro atoms. The molecule has 0 bridgehead atoms. The van der Waals surface area contributed by atoms with Crippen LogP contribution in [0.25, 0.3) is 21.3 Å². The highest BCUT2D eigenvalue weighted by Crippen LogP contribution is 2.39. The summed E-state index contributed by atoms with van der Waals surface area (Å²) in [6, 6.07) is 13.4. The van der Waals surface area contributed by atoms with Crippen LogP contribution in [0.5, 0.6) is 11.6 Å². The number of halogens is 1. The molecule has 8 heteroatoms. The van der Waals surface area contributed by atoms with E-state index in [1.165, 1.54) is 29.8 Å². The van der Waals surface area contributed by atoms with Gasteiger partial charge in [0.05, 0.1) is 10.3 Å². The maximum absolute atomic E-state index is 10.8. The number of nitro benzene ring substituents is 1. The molecule has 0 saturated heterocycles. The molecule has 4 rings (SSSR count). The third kappa shape index (κ3) is 3.10. The van der Waals surface area contributed by atoms with E-state index in [1.807, 2.05) is 29.6 Å². The van der Waals surface area contributed by atoms with Crippen LogP contribution < -0.4 is 4.74 Å². The highest BCUT2D eigenvalue weighted by Gasteiger charge is 2.15. The fourth-order valence-corrected chi connectivity index (χ4v) is 3.55. The molecule has 2 aromatic carbocycles. The number of nitro groups is 1. The summed E-state index contributed by atoms with van der Waals surface area (Å²) in [5.41, 5.74) is 1.92. The van der Waals surface area contributed by atoms with Crippen molar-refractivity contribution in [2.24, 2.45) is 0 Å². The Morgan fingerprint density at radius 1 is 1.04 bits per heavy atom. The Morgan fingerprint density at radius 2 is 1.77 bits per heavy atom. The van der Waals surface area contributed by atoms with Gasteiger partial charge in [-0.25, -0.2) is 9.97 Å². The van der Waals surface area contributed by atoms with Gasteiger partial charge in [0.2, 0.25) is 5.88 Å². The first-order valence-corrected chi connectivity index (χ1v) is 8.78. The SMILES string of the molecule is O=[N+]([O-])c1ccc(Oc2ncnc3scc(-c4ccc(Cl)cc4)c23)cc1. The number of hydrogen-bond donors (Lipinski definition) is 0. The van der Waals surface area contributed by atoms with Crippen LogP contribution in [0.15, 0.2) is 60.2 Å². The van der Waals surface area contributed by atoms with Gasteiger partial charge in [-0.1, -0.05) is 23.7 Å². The third-order valence-electron chi connectivity index (χ3n) is 3.75. The molecule has 0 N–H and O–H groups in total. The average molecular weight is 384 g/mol. The van der Waals surface area contributed by atoms with Gasteiger partial charge in [-0.05, 0) is 29.8 Å². The molecule has 0 unspecified atom stereocenters. The van der Waals surface area contributed by atoms with Crippen LogP contribution in [0, 0.1) is 10.1 Å². The molecule has 6 nitrogen and oxygen atoms in total. The highest BCUT2D eigenvalue weighted by molar-refractivity contribution is 7.17. The van der Waals surface area contributed by atoms with Gasteiger partial charge in [0.25, 0.3) is 5.69 Å². The first-order chi connectivity index (χ1) is 12.6. The van der Waals surface area contributed by atoms with E-state index in [2.05, 4.69) is 9.97 Å². The predicted octanol–water partition coefficient (Wildman–Crippen LogP) is 5.71. The van der Waals surface area contributed by atoms with Crippen LogP contribution >= 0.6 is 22.9 Å². The van der Waals surface area contributed by atoms with Crippen LogP contribution in [0.4, 0.5) is 5.69 Å². The van der Waals surface area contributed by atoms with E-state index >= 15 is 0 Å². The largest absolute Gasteiger partial charge is 0.438 e. The minimum Gasteiger partial charge on any atom is -0.438 e. The van der Waals surface area contributed by atoms with Crippen LogP contribution in [-0.2, 0) is 0 Å². The van der Waals surface area contributed by atoms with Crippen LogP contribution in [-0.4, -0.2) is 14.9 Å². The molecule has 0 radical (unpaired) electrons. The number of nitrogens with zero attached hydrogens (tertiary/aromatic N) is 3. The topological polar surface area (TPSA) is 78.2 Å². The quantitative estimate of drug-likeness (QED) is 0.333. The first kappa shape index (κ1) is 16.4. The van der Waals surface area contributed by atoms with Crippen molar-refractivity contribution in [1.29, 1.82) is 0 Å². The van der Waals surface area contributed by atoms with E-state index < -0.39 is 4.92 Å². The maximum Gasteiger partial charge on any atom is 0.269 e. The standard InChI is InChI=1S/C18H10ClN3O3S/c19-12-3-1-11(2-4-12)15-9-26-18-16(15)17(20-10-21-18)25-14-7-5-13(6-8-14)22(23)24/h1-10H. The van der Waals surface area contributed by atoms with E-state index in [4.69, 9.17) is 16.3 Å². The van der Waals surface area contributed by atoms with E-state index in [9.17, 15) is 10.1 Å². The number of aromatic nitrogens is 2. The van der Waals surface area contributed by atoms with Crippen molar-refractivity contribution in [3.8, 4) is 22.8 Å². The van der Waals surface area contributed by atoms with Crippen LogP contribution in [0.1, 0.15) is 0 Å². The molecule has 0 saturated carbocycles. The van der Waals surface area contributed by atoms with Gasteiger partial charge < -0.3 is 4.74 Å². The Balaban J connectivity index is 1.76. The highest BCUT2D eigenvalue weighted by atomic mass is 35.5. The maximum atomic E-state index is 10.8. The Hall–Kier alpha value is -3.03. The Morgan fingerprint density at radius 3 is 2.46 bits per heavy atom. The van der Waals surface area contributed by atoms with Gasteiger partial charge in [-0.2, -0.15) is 0 Å². The summed E-state index contributed by atoms with van der Waals surface area (Å²) >= 11 is 7.46. The molecule has 4 aromatic rings. The van der Waals surface area contributed by atoms with E-state index in [-0.39, 0.29) is 5.69 Å². The van der Waals surface area contributed by atoms with Crippen molar-refractivity contribution in [2.75, 3.05) is 0 Å². The molecule has 2 heterocycles. The lowest BCUT2D eigenvalue weighted by Crippen LogP contribution is -1.92. The van der Waals surface area contributed by atoms with E-state index in [0.717, 1.165) is 21.3 Å². The number of non-ortho nitro benzene ring substituents is 1. The number of ether oxygens (including phenoxy) is 1. The smallest absolute Gasteiger partial charge is 0.269 e. The van der Waals surface area contributed by atoms with Gasteiger partial charge in [0, 0.05) is 28.1 Å². The molecule has 0 atom stereocenters. The number of benzene rings is 2. The minimum absolute atomic E-state index is 0.00238. The number of hydrogen-bond acceptors (Lipinski definition) is 6. The molecular formula is C18H10ClN3O3S. The number of rotatable bonds is 4. The summed E-state index contributed by atoms with van der Waals surface area (Å²) in [5, 5.41) is 14.2. The number of fused-ring (bicyclic) bond motifs is 1. The zero-order valence-corrected chi connectivity index (χ0v) is 14.7. The predicted molar refractivity (Wildman–Crippen MR) is 101 cm³/mol. The monoisotopic (exact) mass is 383 g/mol. The average Bonchev–Trinajstić information content (AvgIpc) is 3.08. The lowest BCUT2D eigenvalue weighted by atomic mass is 10.1. The summed E-state index contributed by atoms with van der Waals surface area (Å²) in [7, 11) is 0. The molecule has 0 amide bonds. The van der Waals surface area contributed by atoms with Crippen molar-refractivity contribution in [3.63, 3.8) is 0 Å². The zero-order valence-electron chi connectivity index (χ0n) is 13.1. The molecule has 0 aliphatic rings. The van der Waals surface area contributed by atoms with Gasteiger partial charge >= 0.3 is 0 Å². The molecule has 128 valence electrons. The Kier molecular flexibility index (Phi) is 4.24. The van der Waals surface area contributed by atoms with Gasteiger partial charge in [-0.15, -0.1) is 11.3 Å². The van der Waals surface area contributed by atoms with Gasteiger partial charge in [-0.3, -0.25) is 10.1 Å². The Labute approximate surface area is 156 Å². The first-order valence-electron chi connectivity index (χ1n) is 7.52. The minimum atomic E-state index is -0.454. The van der Waals surface area contributed by atoms with E-state index in [1.54, 1.807) is 12.1 Å². The lowest BCUT2D eigenvalue weighted by Gasteiger charge is -2.07. The van der Waals surface area contributed by atoms with Crippen LogP contribution in [0.3, 0.4) is 0 Å². The van der Waals surface area contributed by atoms with Crippen molar-refractivity contribution in [1.82, 2.24) is 9.97 Å². The number of thiophene rings is 1. The summed E-state index contributed by atoms with van der Waals surface area (Å²) in [4.78, 5) is 19.7. The summed E-state index contributed by atoms with van der Waals surface area (Å²) in [5.74, 6) is 0.860. The van der Waals surface area contributed by atoms with Crippen molar-refractivity contribution < 1.29 is 9.66 Å². The third-order valence-corrected chi connectivity index (χ3v) is 4.89. The second-order valence-corrected chi connectivity index (χ2v) is 6.66. The van der Waals surface area contributed by atoms with Gasteiger partial charge in [0.15, 0.2) is 0 Å². The van der Waals surface area contributed by atoms with Gasteiger partial charge in [0.1, 0.15) is 16.9 Å². The normalized spacial score (nSPS) is 10.8. The second-order valence-electron chi connectivity index (χ2n) is 5.37. The molecule has 0 fully saturated rings. The summed E-state index contributed by atoms with van der Waals surface area (Å²) in [6.45, 7) is 0. The lowest BCUT2D eigenvalue weighted by molar-refractivity contribution is -0.384. The molecular weight excluding hydrogens is 374 g/mol. The fourth-order valence-electron chi connectivity index (χ4n) is 2.51. The summed E-state index contributed by atoms with van der Waals surface area (Å²) < 4.78 is 5.88. The van der Waals surface area contributed by atoms with Crippen molar-refractivity contribution >= 4 is 38.8 Å². The molecule has 2 aromatic heterocycles. The summed E-state index contributed by atoms with van der Waals surface area (Å²) in [6.07, 6.45) is 1.44. The second kappa shape index (κ2) is 6.70. The molecule has 26 heavy (non-hydrogen) atoms. The Bertz CT molecular complexity index is 1100. The van der Waals surface area contributed by atoms with Crippen LogP contribution in [0.2, 0.25) is 5.02 Å². The van der Waals surface area contributed by atoms with Crippen molar-refractivity contribution in [3.05, 3.63) is 75.4 Å².